The SMILES string of the molecule is CC(C)C(=O)N1CCC2(CC1)OC[C@@H](C(=O)[O-])N2C(=O)c1ccccc1. The molecule has 2 amide bonds. The molecule has 2 heterocycles. The average molecular weight is 359 g/mol. The van der Waals surface area contributed by atoms with E-state index < -0.39 is 17.7 Å². The molecule has 3 rings (SSSR count). The fraction of sp³-hybridized carbons (Fsp3) is 0.526. The fourth-order valence-electron chi connectivity index (χ4n) is 3.71. The number of benzene rings is 1. The van der Waals surface area contributed by atoms with Crippen molar-refractivity contribution in [1.82, 2.24) is 9.80 Å². The Morgan fingerprint density at radius 3 is 2.31 bits per heavy atom. The summed E-state index contributed by atoms with van der Waals surface area (Å²) in [5.41, 5.74) is -0.602. The lowest BCUT2D eigenvalue weighted by Crippen LogP contribution is -2.60. The Bertz CT molecular complexity index is 695. The number of aliphatic carboxylic acids is 1. The van der Waals surface area contributed by atoms with E-state index in [-0.39, 0.29) is 24.3 Å². The van der Waals surface area contributed by atoms with Crippen LogP contribution in [0.5, 0.6) is 0 Å². The van der Waals surface area contributed by atoms with Crippen molar-refractivity contribution in [2.75, 3.05) is 19.7 Å². The molecule has 7 heteroatoms. The maximum atomic E-state index is 13.0. The largest absolute Gasteiger partial charge is 0.548 e. The van der Waals surface area contributed by atoms with Crippen LogP contribution in [0.25, 0.3) is 0 Å². The van der Waals surface area contributed by atoms with Crippen LogP contribution in [0.2, 0.25) is 0 Å². The number of amides is 2. The number of likely N-dealkylation sites (tertiary alicyclic amines) is 1. The number of hydrogen-bond acceptors (Lipinski definition) is 5. The molecule has 26 heavy (non-hydrogen) atoms. The van der Waals surface area contributed by atoms with E-state index in [1.807, 2.05) is 13.8 Å². The predicted molar refractivity (Wildman–Crippen MR) is 90.7 cm³/mol. The van der Waals surface area contributed by atoms with E-state index in [0.717, 1.165) is 0 Å². The van der Waals surface area contributed by atoms with Crippen LogP contribution in [0.15, 0.2) is 30.3 Å². The normalized spacial score (nSPS) is 22.0. The molecular formula is C19H23N2O5-. The Kier molecular flexibility index (Phi) is 5.00. The van der Waals surface area contributed by atoms with Crippen LogP contribution in [0.1, 0.15) is 37.0 Å². The van der Waals surface area contributed by atoms with Crippen molar-refractivity contribution >= 4 is 17.8 Å². The first-order chi connectivity index (χ1) is 12.4. The van der Waals surface area contributed by atoms with Crippen LogP contribution in [-0.4, -0.2) is 59.0 Å². The zero-order chi connectivity index (χ0) is 18.9. The van der Waals surface area contributed by atoms with Gasteiger partial charge in [0.05, 0.1) is 18.6 Å². The molecule has 1 aromatic carbocycles. The highest BCUT2D eigenvalue weighted by atomic mass is 16.5. The highest BCUT2D eigenvalue weighted by Gasteiger charge is 2.52. The summed E-state index contributed by atoms with van der Waals surface area (Å²) in [6, 6.07) is 7.43. The van der Waals surface area contributed by atoms with Gasteiger partial charge in [-0.15, -0.1) is 0 Å². The second-order valence-corrected chi connectivity index (χ2v) is 7.11. The van der Waals surface area contributed by atoms with Gasteiger partial charge in [-0.1, -0.05) is 32.0 Å². The Morgan fingerprint density at radius 1 is 1.15 bits per heavy atom. The maximum absolute atomic E-state index is 13.0. The molecule has 1 atom stereocenters. The van der Waals surface area contributed by atoms with Crippen molar-refractivity contribution in [1.29, 1.82) is 0 Å². The van der Waals surface area contributed by atoms with Crippen LogP contribution in [-0.2, 0) is 14.3 Å². The first-order valence-corrected chi connectivity index (χ1v) is 8.88. The molecular weight excluding hydrogens is 336 g/mol. The van der Waals surface area contributed by atoms with E-state index in [4.69, 9.17) is 4.74 Å². The van der Waals surface area contributed by atoms with E-state index in [1.165, 1.54) is 4.90 Å². The third-order valence-electron chi connectivity index (χ3n) is 5.12. The van der Waals surface area contributed by atoms with Gasteiger partial charge in [-0.3, -0.25) is 14.5 Å². The minimum atomic E-state index is -1.33. The van der Waals surface area contributed by atoms with Crippen molar-refractivity contribution in [2.24, 2.45) is 5.92 Å². The number of hydrogen-bond donors (Lipinski definition) is 0. The molecule has 0 saturated carbocycles. The number of carboxylic acids is 1. The van der Waals surface area contributed by atoms with Gasteiger partial charge in [0.1, 0.15) is 5.72 Å². The number of nitrogens with zero attached hydrogens (tertiary/aromatic N) is 2. The van der Waals surface area contributed by atoms with E-state index >= 15 is 0 Å². The number of carbonyl (C=O) groups excluding carboxylic acids is 3. The van der Waals surface area contributed by atoms with Crippen molar-refractivity contribution in [3.63, 3.8) is 0 Å². The summed E-state index contributed by atoms with van der Waals surface area (Å²) in [5, 5.41) is 11.6. The van der Waals surface area contributed by atoms with E-state index in [9.17, 15) is 19.5 Å². The smallest absolute Gasteiger partial charge is 0.256 e. The summed E-state index contributed by atoms with van der Waals surface area (Å²) in [6.07, 6.45) is 0.766. The lowest BCUT2D eigenvalue weighted by atomic mass is 9.96. The average Bonchev–Trinajstić information content (AvgIpc) is 3.01. The van der Waals surface area contributed by atoms with Gasteiger partial charge in [0.2, 0.25) is 5.91 Å². The van der Waals surface area contributed by atoms with Crippen molar-refractivity contribution in [3.8, 4) is 0 Å². The van der Waals surface area contributed by atoms with Gasteiger partial charge < -0.3 is 19.5 Å². The molecule has 0 N–H and O–H groups in total. The molecule has 0 aromatic heterocycles. The summed E-state index contributed by atoms with van der Waals surface area (Å²) < 4.78 is 5.85. The number of carboxylic acid groups (broad SMARTS) is 1. The molecule has 0 radical (unpaired) electrons. The van der Waals surface area contributed by atoms with Gasteiger partial charge in [-0.05, 0) is 12.1 Å². The second kappa shape index (κ2) is 7.07. The number of rotatable bonds is 3. The molecule has 1 spiro atoms. The molecule has 2 saturated heterocycles. The summed E-state index contributed by atoms with van der Waals surface area (Å²) in [6.45, 7) is 4.44. The van der Waals surface area contributed by atoms with Crippen molar-refractivity contribution in [2.45, 2.75) is 38.5 Å². The number of carbonyl (C=O) groups is 3. The maximum Gasteiger partial charge on any atom is 0.256 e. The minimum absolute atomic E-state index is 0.0511. The first-order valence-electron chi connectivity index (χ1n) is 8.88. The monoisotopic (exact) mass is 359 g/mol. The van der Waals surface area contributed by atoms with Gasteiger partial charge in [0.25, 0.3) is 5.91 Å². The quantitative estimate of drug-likeness (QED) is 0.772. The first kappa shape index (κ1) is 18.4. The molecule has 1 aromatic rings. The molecule has 140 valence electrons. The lowest BCUT2D eigenvalue weighted by molar-refractivity contribution is -0.310. The molecule has 2 aliphatic heterocycles. The van der Waals surface area contributed by atoms with Crippen LogP contribution in [0.3, 0.4) is 0 Å². The third-order valence-corrected chi connectivity index (χ3v) is 5.12. The zero-order valence-electron chi connectivity index (χ0n) is 15.0. The molecule has 0 aliphatic carbocycles. The van der Waals surface area contributed by atoms with Gasteiger partial charge in [-0.25, -0.2) is 0 Å². The van der Waals surface area contributed by atoms with Crippen LogP contribution >= 0.6 is 0 Å². The van der Waals surface area contributed by atoms with Gasteiger partial charge in [-0.2, -0.15) is 0 Å². The molecule has 0 unspecified atom stereocenters. The Balaban J connectivity index is 1.85. The van der Waals surface area contributed by atoms with Gasteiger partial charge >= 0.3 is 0 Å². The highest BCUT2D eigenvalue weighted by Crippen LogP contribution is 2.38. The van der Waals surface area contributed by atoms with Gasteiger partial charge in [0, 0.05) is 37.4 Å². The lowest BCUT2D eigenvalue weighted by Gasteiger charge is -2.45. The Morgan fingerprint density at radius 2 is 1.77 bits per heavy atom. The summed E-state index contributed by atoms with van der Waals surface area (Å²) in [4.78, 5) is 39.9. The minimum Gasteiger partial charge on any atom is -0.548 e. The standard InChI is InChI=1S/C19H24N2O5/c1-13(2)16(22)20-10-8-19(9-11-20)21(15(12-26-19)18(24)25)17(23)14-6-4-3-5-7-14/h3-7,13,15H,8-12H2,1-2H3,(H,24,25)/p-1/t15-/m0/s1. The van der Waals surface area contributed by atoms with Crippen LogP contribution in [0.4, 0.5) is 0 Å². The predicted octanol–water partition coefficient (Wildman–Crippen LogP) is 0.252. The van der Waals surface area contributed by atoms with Crippen LogP contribution < -0.4 is 5.11 Å². The van der Waals surface area contributed by atoms with E-state index in [0.29, 0.717) is 31.5 Å². The molecule has 7 nitrogen and oxygen atoms in total. The summed E-state index contributed by atoms with van der Waals surface area (Å²) >= 11 is 0. The van der Waals surface area contributed by atoms with E-state index in [2.05, 4.69) is 0 Å². The third kappa shape index (κ3) is 3.19. The molecule has 2 aliphatic rings. The Labute approximate surface area is 152 Å². The van der Waals surface area contributed by atoms with Crippen molar-refractivity contribution < 1.29 is 24.2 Å². The summed E-state index contributed by atoms with van der Waals surface area (Å²) in [5.74, 6) is -1.77. The van der Waals surface area contributed by atoms with Gasteiger partial charge in [0.15, 0.2) is 0 Å². The zero-order valence-corrected chi connectivity index (χ0v) is 15.0. The fourth-order valence-corrected chi connectivity index (χ4v) is 3.71. The number of ether oxygens (including phenoxy) is 1. The number of piperidine rings is 1. The van der Waals surface area contributed by atoms with E-state index in [1.54, 1.807) is 35.2 Å². The highest BCUT2D eigenvalue weighted by molar-refractivity contribution is 5.97. The van der Waals surface area contributed by atoms with Crippen LogP contribution in [0, 0.1) is 5.92 Å². The summed E-state index contributed by atoms with van der Waals surface area (Å²) in [7, 11) is 0. The molecule has 0 bridgehead atoms. The second-order valence-electron chi connectivity index (χ2n) is 7.11. The van der Waals surface area contributed by atoms with Crippen molar-refractivity contribution in [3.05, 3.63) is 35.9 Å². The topological polar surface area (TPSA) is 90.0 Å². The molecule has 2 fully saturated rings. The Hall–Kier alpha value is -2.41.